The first-order valence-electron chi connectivity index (χ1n) is 8.27. The summed E-state index contributed by atoms with van der Waals surface area (Å²) in [7, 11) is 0. The standard InChI is InChI=1S/C18H24ClN/c19-16-3-4-17-14(11-16)5-8-18(17)12-15(18)2-1-13-6-9-20-10-7-13/h3-4,11,13,15,20H,1-2,5-10,12H2. The molecule has 1 heterocycles. The van der Waals surface area contributed by atoms with Crippen LogP contribution in [0.5, 0.6) is 0 Å². The average molecular weight is 290 g/mol. The first-order chi connectivity index (χ1) is 9.78. The molecule has 108 valence electrons. The minimum Gasteiger partial charge on any atom is -0.317 e. The number of piperidine rings is 1. The zero-order valence-corrected chi connectivity index (χ0v) is 12.9. The van der Waals surface area contributed by atoms with Crippen molar-refractivity contribution in [3.05, 3.63) is 34.3 Å². The van der Waals surface area contributed by atoms with Crippen LogP contribution in [0.4, 0.5) is 0 Å². The second-order valence-corrected chi connectivity index (χ2v) is 7.57. The Bertz CT molecular complexity index is 506. The second-order valence-electron chi connectivity index (χ2n) is 7.13. The summed E-state index contributed by atoms with van der Waals surface area (Å²) in [6, 6.07) is 6.61. The van der Waals surface area contributed by atoms with E-state index in [4.69, 9.17) is 11.6 Å². The van der Waals surface area contributed by atoms with Crippen LogP contribution in [0, 0.1) is 11.8 Å². The molecule has 1 saturated carbocycles. The number of halogens is 1. The third kappa shape index (κ3) is 2.19. The third-order valence-corrected chi connectivity index (χ3v) is 6.29. The lowest BCUT2D eigenvalue weighted by Gasteiger charge is -2.23. The van der Waals surface area contributed by atoms with E-state index in [2.05, 4.69) is 23.5 Å². The van der Waals surface area contributed by atoms with Gasteiger partial charge in [-0.15, -0.1) is 0 Å². The van der Waals surface area contributed by atoms with Crippen molar-refractivity contribution in [2.45, 2.75) is 50.4 Å². The average Bonchev–Trinajstić information content (AvgIpc) is 3.06. The van der Waals surface area contributed by atoms with Gasteiger partial charge in [-0.25, -0.2) is 0 Å². The topological polar surface area (TPSA) is 12.0 Å². The summed E-state index contributed by atoms with van der Waals surface area (Å²) < 4.78 is 0. The number of hydrogen-bond acceptors (Lipinski definition) is 1. The Hall–Kier alpha value is -0.530. The molecule has 2 atom stereocenters. The summed E-state index contributed by atoms with van der Waals surface area (Å²) in [6.45, 7) is 2.48. The molecule has 0 bridgehead atoms. The molecule has 3 aliphatic rings. The smallest absolute Gasteiger partial charge is 0.0408 e. The number of rotatable bonds is 3. The van der Waals surface area contributed by atoms with Crippen LogP contribution in [-0.4, -0.2) is 13.1 Å². The molecule has 2 unspecified atom stereocenters. The van der Waals surface area contributed by atoms with Crippen molar-refractivity contribution in [2.75, 3.05) is 13.1 Å². The molecule has 2 aliphatic carbocycles. The van der Waals surface area contributed by atoms with E-state index in [9.17, 15) is 0 Å². The molecule has 1 aliphatic heterocycles. The summed E-state index contributed by atoms with van der Waals surface area (Å²) in [6.07, 6.45) is 9.76. The molecular weight excluding hydrogens is 266 g/mol. The van der Waals surface area contributed by atoms with E-state index in [1.165, 1.54) is 63.6 Å². The van der Waals surface area contributed by atoms with Gasteiger partial charge in [-0.2, -0.15) is 0 Å². The van der Waals surface area contributed by atoms with E-state index in [1.54, 1.807) is 5.56 Å². The molecule has 1 aromatic carbocycles. The molecule has 1 nitrogen and oxygen atoms in total. The molecule has 0 radical (unpaired) electrons. The lowest BCUT2D eigenvalue weighted by Crippen LogP contribution is -2.27. The van der Waals surface area contributed by atoms with Crippen molar-refractivity contribution >= 4 is 11.6 Å². The molecule has 1 spiro atoms. The van der Waals surface area contributed by atoms with Crippen LogP contribution in [0.25, 0.3) is 0 Å². The lowest BCUT2D eigenvalue weighted by atomic mass is 9.89. The molecular formula is C18H24ClN. The fraction of sp³-hybridized carbons (Fsp3) is 0.667. The Morgan fingerprint density at radius 3 is 2.90 bits per heavy atom. The number of fused-ring (bicyclic) bond motifs is 2. The van der Waals surface area contributed by atoms with Crippen LogP contribution in [0.2, 0.25) is 5.02 Å². The summed E-state index contributed by atoms with van der Waals surface area (Å²) in [5.74, 6) is 1.94. The molecule has 1 saturated heterocycles. The quantitative estimate of drug-likeness (QED) is 0.874. The number of hydrogen-bond donors (Lipinski definition) is 1. The number of nitrogens with one attached hydrogen (secondary N) is 1. The Morgan fingerprint density at radius 1 is 1.20 bits per heavy atom. The molecule has 4 rings (SSSR count). The van der Waals surface area contributed by atoms with E-state index >= 15 is 0 Å². The van der Waals surface area contributed by atoms with Gasteiger partial charge in [0.15, 0.2) is 0 Å². The zero-order chi connectivity index (χ0) is 13.6. The van der Waals surface area contributed by atoms with Gasteiger partial charge in [0, 0.05) is 5.02 Å². The van der Waals surface area contributed by atoms with Crippen LogP contribution in [0.3, 0.4) is 0 Å². The SMILES string of the molecule is Clc1ccc2c(c1)CCC21CC1CCC1CCNCC1. The van der Waals surface area contributed by atoms with Gasteiger partial charge in [-0.3, -0.25) is 0 Å². The van der Waals surface area contributed by atoms with Gasteiger partial charge in [-0.05, 0) is 92.1 Å². The summed E-state index contributed by atoms with van der Waals surface area (Å²) in [4.78, 5) is 0. The highest BCUT2D eigenvalue weighted by atomic mass is 35.5. The second kappa shape index (κ2) is 5.03. The van der Waals surface area contributed by atoms with Crippen LogP contribution in [0.15, 0.2) is 18.2 Å². The van der Waals surface area contributed by atoms with Crippen molar-refractivity contribution in [3.8, 4) is 0 Å². The maximum atomic E-state index is 6.13. The van der Waals surface area contributed by atoms with E-state index < -0.39 is 0 Å². The first-order valence-corrected chi connectivity index (χ1v) is 8.65. The molecule has 2 fully saturated rings. The Labute approximate surface area is 127 Å². The van der Waals surface area contributed by atoms with E-state index in [-0.39, 0.29) is 0 Å². The fourth-order valence-corrected chi connectivity index (χ4v) is 4.94. The monoisotopic (exact) mass is 289 g/mol. The van der Waals surface area contributed by atoms with Gasteiger partial charge in [-0.1, -0.05) is 24.1 Å². The van der Waals surface area contributed by atoms with Crippen molar-refractivity contribution in [3.63, 3.8) is 0 Å². The molecule has 1 N–H and O–H groups in total. The van der Waals surface area contributed by atoms with Gasteiger partial charge in [0.1, 0.15) is 0 Å². The molecule has 0 amide bonds. The first kappa shape index (κ1) is 13.2. The molecule has 1 aromatic rings. The van der Waals surface area contributed by atoms with Gasteiger partial charge >= 0.3 is 0 Å². The highest BCUT2D eigenvalue weighted by molar-refractivity contribution is 6.30. The zero-order valence-electron chi connectivity index (χ0n) is 12.1. The van der Waals surface area contributed by atoms with Gasteiger partial charge in [0.25, 0.3) is 0 Å². The minimum atomic E-state index is 0.562. The van der Waals surface area contributed by atoms with Crippen LogP contribution < -0.4 is 5.32 Å². The number of benzene rings is 1. The van der Waals surface area contributed by atoms with Gasteiger partial charge in [0.05, 0.1) is 0 Å². The van der Waals surface area contributed by atoms with E-state index in [0.717, 1.165) is 16.9 Å². The maximum absolute atomic E-state index is 6.13. The molecule has 0 aromatic heterocycles. The summed E-state index contributed by atoms with van der Waals surface area (Å²) in [5, 5.41) is 4.38. The fourth-order valence-electron chi connectivity index (χ4n) is 4.75. The predicted molar refractivity (Wildman–Crippen MR) is 84.4 cm³/mol. The summed E-state index contributed by atoms with van der Waals surface area (Å²) in [5.41, 5.74) is 3.73. The maximum Gasteiger partial charge on any atom is 0.0408 e. The largest absolute Gasteiger partial charge is 0.317 e. The van der Waals surface area contributed by atoms with Crippen molar-refractivity contribution in [1.29, 1.82) is 0 Å². The molecule has 2 heteroatoms. The minimum absolute atomic E-state index is 0.562. The Balaban J connectivity index is 1.40. The third-order valence-electron chi connectivity index (χ3n) is 6.06. The molecule has 20 heavy (non-hydrogen) atoms. The van der Waals surface area contributed by atoms with Crippen molar-refractivity contribution < 1.29 is 0 Å². The number of aryl methyl sites for hydroxylation is 1. The van der Waals surface area contributed by atoms with Crippen LogP contribution in [0.1, 0.15) is 49.7 Å². The van der Waals surface area contributed by atoms with E-state index in [1.807, 2.05) is 0 Å². The highest BCUT2D eigenvalue weighted by Gasteiger charge is 2.57. The van der Waals surface area contributed by atoms with Gasteiger partial charge in [0.2, 0.25) is 0 Å². The Morgan fingerprint density at radius 2 is 2.05 bits per heavy atom. The highest BCUT2D eigenvalue weighted by Crippen LogP contribution is 2.63. The normalized spacial score (nSPS) is 32.5. The van der Waals surface area contributed by atoms with Gasteiger partial charge < -0.3 is 5.32 Å². The summed E-state index contributed by atoms with van der Waals surface area (Å²) >= 11 is 6.13. The predicted octanol–water partition coefficient (Wildman–Crippen LogP) is 4.32. The Kier molecular flexibility index (Phi) is 3.31. The lowest BCUT2D eigenvalue weighted by molar-refractivity contribution is 0.335. The van der Waals surface area contributed by atoms with Crippen LogP contribution >= 0.6 is 11.6 Å². The van der Waals surface area contributed by atoms with Crippen LogP contribution in [-0.2, 0) is 11.8 Å². The van der Waals surface area contributed by atoms with Crippen molar-refractivity contribution in [1.82, 2.24) is 5.32 Å². The van der Waals surface area contributed by atoms with Crippen molar-refractivity contribution in [2.24, 2.45) is 11.8 Å². The van der Waals surface area contributed by atoms with E-state index in [0.29, 0.717) is 5.41 Å².